The van der Waals surface area contributed by atoms with Gasteiger partial charge in [-0.25, -0.2) is 0 Å². The molecule has 0 fully saturated rings. The van der Waals surface area contributed by atoms with Crippen molar-refractivity contribution < 1.29 is 28.5 Å². The Morgan fingerprint density at radius 1 is 0.778 bits per heavy atom. The molecule has 0 saturated heterocycles. The van der Waals surface area contributed by atoms with Gasteiger partial charge in [-0.2, -0.15) is 0 Å². The van der Waals surface area contributed by atoms with Gasteiger partial charge in [-0.15, -0.1) is 0 Å². The zero-order chi connectivity index (χ0) is 31.7. The predicted molar refractivity (Wildman–Crippen MR) is 174 cm³/mol. The minimum atomic E-state index is -0.746. The smallest absolute Gasteiger partial charge is 0.259 e. The van der Waals surface area contributed by atoms with Gasteiger partial charge in [-0.05, 0) is 66.8 Å². The third-order valence-electron chi connectivity index (χ3n) is 8.58. The van der Waals surface area contributed by atoms with Gasteiger partial charge in [-0.3, -0.25) is 14.5 Å². The van der Waals surface area contributed by atoms with Gasteiger partial charge < -0.3 is 24.3 Å². The highest BCUT2D eigenvalue weighted by Crippen LogP contribution is 2.49. The summed E-state index contributed by atoms with van der Waals surface area (Å²) in [6, 6.07) is 26.1. The number of fused-ring (bicyclic) bond motifs is 1. The molecule has 1 heterocycles. The van der Waals surface area contributed by atoms with Gasteiger partial charge in [0.15, 0.2) is 17.3 Å². The zero-order valence-electron chi connectivity index (χ0n) is 26.0. The number of aryl methyl sites for hydroxylation is 1. The topological polar surface area (TPSA) is 86.3 Å². The summed E-state index contributed by atoms with van der Waals surface area (Å²) < 4.78 is 22.3. The zero-order valence-corrected chi connectivity index (χ0v) is 26.0. The molecule has 2 aliphatic rings. The van der Waals surface area contributed by atoms with Crippen molar-refractivity contribution in [2.24, 2.45) is 0 Å². The van der Waals surface area contributed by atoms with Crippen molar-refractivity contribution in [3.63, 3.8) is 0 Å². The van der Waals surface area contributed by atoms with Crippen LogP contribution in [-0.4, -0.2) is 40.1 Å². The van der Waals surface area contributed by atoms with Crippen LogP contribution in [-0.2, 0) is 4.79 Å². The van der Waals surface area contributed by atoms with Crippen LogP contribution in [0.2, 0.25) is 0 Å². The molecule has 0 bridgehead atoms. The van der Waals surface area contributed by atoms with E-state index in [1.54, 1.807) is 24.1 Å². The van der Waals surface area contributed by atoms with Gasteiger partial charge in [0.2, 0.25) is 5.75 Å². The van der Waals surface area contributed by atoms with Crippen LogP contribution in [0.15, 0.2) is 96.2 Å². The number of para-hydroxylation sites is 2. The lowest BCUT2D eigenvalue weighted by atomic mass is 9.78. The van der Waals surface area contributed by atoms with Crippen LogP contribution in [0.5, 0.6) is 23.0 Å². The van der Waals surface area contributed by atoms with E-state index in [0.717, 1.165) is 22.5 Å². The number of hydrogen-bond donors (Lipinski definition) is 1. The van der Waals surface area contributed by atoms with Gasteiger partial charge in [0.1, 0.15) is 5.75 Å². The molecule has 4 aromatic rings. The number of benzene rings is 4. The molecular formula is C37H36N2O6. The summed E-state index contributed by atoms with van der Waals surface area (Å²) in [5, 5.41) is 3.60. The highest BCUT2D eigenvalue weighted by molar-refractivity contribution is 6.12. The van der Waals surface area contributed by atoms with Crippen LogP contribution in [0.25, 0.3) is 0 Å². The van der Waals surface area contributed by atoms with Crippen molar-refractivity contribution in [2.45, 2.75) is 31.7 Å². The van der Waals surface area contributed by atoms with Crippen molar-refractivity contribution in [1.82, 2.24) is 0 Å². The molecule has 1 amide bonds. The van der Waals surface area contributed by atoms with Crippen LogP contribution in [0.4, 0.5) is 11.4 Å². The van der Waals surface area contributed by atoms with Crippen molar-refractivity contribution in [2.75, 3.05) is 38.7 Å². The molecule has 0 aromatic heterocycles. The Morgan fingerprint density at radius 2 is 1.49 bits per heavy atom. The van der Waals surface area contributed by atoms with Crippen molar-refractivity contribution in [3.05, 3.63) is 118 Å². The Bertz CT molecular complexity index is 1770. The van der Waals surface area contributed by atoms with Crippen LogP contribution in [0.1, 0.15) is 51.8 Å². The number of allylic oxidation sites excluding steroid dienone is 1. The number of ketones is 1. The first kappa shape index (κ1) is 29.8. The van der Waals surface area contributed by atoms with E-state index in [2.05, 4.69) is 36.5 Å². The van der Waals surface area contributed by atoms with Gasteiger partial charge >= 0.3 is 0 Å². The highest BCUT2D eigenvalue weighted by Gasteiger charge is 2.42. The van der Waals surface area contributed by atoms with E-state index in [1.807, 2.05) is 48.5 Å². The number of carbonyl (C=O) groups excluding carboxylic acids is 2. The second-order valence-electron chi connectivity index (χ2n) is 11.2. The van der Waals surface area contributed by atoms with E-state index < -0.39 is 6.04 Å². The van der Waals surface area contributed by atoms with E-state index in [0.29, 0.717) is 52.7 Å². The molecule has 230 valence electrons. The van der Waals surface area contributed by atoms with Crippen molar-refractivity contribution in [1.29, 1.82) is 0 Å². The number of nitrogens with zero attached hydrogens (tertiary/aromatic N) is 1. The van der Waals surface area contributed by atoms with Gasteiger partial charge in [0, 0.05) is 23.3 Å². The number of nitrogens with one attached hydrogen (secondary N) is 1. The molecule has 4 aromatic carbocycles. The minimum Gasteiger partial charge on any atom is -0.497 e. The molecule has 0 unspecified atom stereocenters. The van der Waals surface area contributed by atoms with Gasteiger partial charge in [0.05, 0.1) is 45.9 Å². The molecule has 0 spiro atoms. The van der Waals surface area contributed by atoms with Crippen LogP contribution >= 0.6 is 0 Å². The molecular weight excluding hydrogens is 568 g/mol. The van der Waals surface area contributed by atoms with E-state index in [4.69, 9.17) is 18.9 Å². The van der Waals surface area contributed by atoms with Crippen molar-refractivity contribution in [3.8, 4) is 23.0 Å². The fourth-order valence-corrected chi connectivity index (χ4v) is 6.36. The Hall–Kier alpha value is -5.24. The van der Waals surface area contributed by atoms with Crippen LogP contribution < -0.4 is 29.2 Å². The average Bonchev–Trinajstić information content (AvgIpc) is 3.22. The van der Waals surface area contributed by atoms with E-state index in [1.165, 1.54) is 26.9 Å². The van der Waals surface area contributed by atoms with E-state index in [9.17, 15) is 9.59 Å². The fourth-order valence-electron chi connectivity index (χ4n) is 6.36. The number of carbonyl (C=O) groups is 2. The summed E-state index contributed by atoms with van der Waals surface area (Å²) in [5.41, 5.74) is 6.08. The van der Waals surface area contributed by atoms with E-state index >= 15 is 0 Å². The van der Waals surface area contributed by atoms with Crippen LogP contribution in [0, 0.1) is 6.92 Å². The fraction of sp³-hybridized carbons (Fsp3) is 0.243. The maximum Gasteiger partial charge on any atom is 0.259 e. The van der Waals surface area contributed by atoms with Gasteiger partial charge in [0.25, 0.3) is 5.91 Å². The number of rotatable bonds is 7. The Kier molecular flexibility index (Phi) is 8.22. The molecule has 0 radical (unpaired) electrons. The van der Waals surface area contributed by atoms with Gasteiger partial charge in [-0.1, -0.05) is 54.1 Å². The summed E-state index contributed by atoms with van der Waals surface area (Å²) >= 11 is 0. The number of ether oxygens (including phenoxy) is 4. The summed E-state index contributed by atoms with van der Waals surface area (Å²) in [4.78, 5) is 31.0. The molecule has 2 atom stereocenters. The number of Topliss-reactive ketones (excluding diaryl/α,β-unsaturated/α-hetero) is 1. The molecule has 0 saturated carbocycles. The summed E-state index contributed by atoms with van der Waals surface area (Å²) in [6.07, 6.45) is 0.942. The second kappa shape index (κ2) is 12.4. The molecule has 8 nitrogen and oxygen atoms in total. The summed E-state index contributed by atoms with van der Waals surface area (Å²) in [6.45, 7) is 2.05. The average molecular weight is 605 g/mol. The normalized spacial score (nSPS) is 17.4. The monoisotopic (exact) mass is 604 g/mol. The summed E-state index contributed by atoms with van der Waals surface area (Å²) in [7, 11) is 6.14. The number of methoxy groups -OCH3 is 4. The summed E-state index contributed by atoms with van der Waals surface area (Å²) in [5.74, 6) is 1.37. The third-order valence-corrected chi connectivity index (χ3v) is 8.58. The molecule has 6 rings (SSSR count). The largest absolute Gasteiger partial charge is 0.497 e. The third kappa shape index (κ3) is 5.48. The first-order valence-corrected chi connectivity index (χ1v) is 14.8. The first-order chi connectivity index (χ1) is 21.9. The first-order valence-electron chi connectivity index (χ1n) is 14.8. The lowest BCUT2D eigenvalue weighted by molar-refractivity contribution is -0.116. The lowest BCUT2D eigenvalue weighted by Crippen LogP contribution is -2.38. The van der Waals surface area contributed by atoms with Crippen LogP contribution in [0.3, 0.4) is 0 Å². The molecule has 1 aliphatic heterocycles. The molecule has 45 heavy (non-hydrogen) atoms. The Labute approximate surface area is 263 Å². The maximum absolute atomic E-state index is 14.9. The Balaban J connectivity index is 1.57. The quantitative estimate of drug-likeness (QED) is 0.238. The maximum atomic E-state index is 14.9. The predicted octanol–water partition coefficient (Wildman–Crippen LogP) is 7.24. The standard InChI is InChI=1S/C37H36N2O6/c1-22-13-15-23(16-14-22)25-18-29-34(31(40)19-25)35(24-9-8-10-27(17-24)42-2)39(30-12-7-6-11-28(30)38-29)37(41)26-20-32(43-3)36(45-5)33(21-26)44-4/h6-17,20-21,25,35,38H,18-19H2,1-5H3/t25-,35+/m0/s1. The van der Waals surface area contributed by atoms with E-state index in [-0.39, 0.29) is 17.6 Å². The minimum absolute atomic E-state index is 0.000154. The number of amides is 1. The second-order valence-corrected chi connectivity index (χ2v) is 11.2. The highest BCUT2D eigenvalue weighted by atomic mass is 16.5. The lowest BCUT2D eigenvalue weighted by Gasteiger charge is -2.35. The molecule has 8 heteroatoms. The number of hydrogen-bond acceptors (Lipinski definition) is 7. The van der Waals surface area contributed by atoms with Crippen molar-refractivity contribution >= 4 is 23.1 Å². The molecule has 1 N–H and O–H groups in total. The number of anilines is 2. The SMILES string of the molecule is COc1cccc([C@@H]2C3=C(C[C@H](c4ccc(C)cc4)CC3=O)Nc3ccccc3N2C(=O)c2cc(OC)c(OC)c(OC)c2)c1. The Morgan fingerprint density at radius 3 is 2.16 bits per heavy atom. The molecule has 1 aliphatic carbocycles.